The predicted molar refractivity (Wildman–Crippen MR) is 245 cm³/mol. The zero-order valence-corrected chi connectivity index (χ0v) is 32.2. The maximum Gasteiger partial charge on any atom is 0.123 e. The number of anilines is 3. The summed E-state index contributed by atoms with van der Waals surface area (Å²) in [5.41, 5.74) is 13.3. The molecule has 0 unspecified atom stereocenters. The molecule has 2 heterocycles. The monoisotopic (exact) mass is 762 g/mol. The fourth-order valence-electron chi connectivity index (χ4n) is 8.54. The second kappa shape index (κ2) is 14.0. The second-order valence-electron chi connectivity index (χ2n) is 14.7. The molecule has 11 rings (SSSR count). The number of halogens is 1. The highest BCUT2D eigenvalue weighted by molar-refractivity contribution is 7.25. The molecule has 0 saturated heterocycles. The molecule has 0 amide bonds. The summed E-state index contributed by atoms with van der Waals surface area (Å²) < 4.78 is 19.3. The molecule has 2 aromatic heterocycles. The normalized spacial score (nSPS) is 11.5. The van der Waals surface area contributed by atoms with Crippen molar-refractivity contribution in [3.05, 3.63) is 218 Å². The van der Waals surface area contributed by atoms with Crippen LogP contribution in [-0.4, -0.2) is 4.57 Å². The van der Waals surface area contributed by atoms with Gasteiger partial charge in [0.1, 0.15) is 5.82 Å². The Hall–Kier alpha value is -7.27. The van der Waals surface area contributed by atoms with E-state index in [0.717, 1.165) is 55.7 Å². The maximum absolute atomic E-state index is 14.4. The molecular formula is C54H35FN2S. The molecule has 0 atom stereocenters. The number of hydrogen-bond acceptors (Lipinski definition) is 2. The number of nitrogens with zero attached hydrogens (tertiary/aromatic N) is 2. The van der Waals surface area contributed by atoms with Crippen LogP contribution in [0.2, 0.25) is 0 Å². The zero-order chi connectivity index (χ0) is 38.6. The fraction of sp³-hybridized carbons (Fsp3) is 0. The van der Waals surface area contributed by atoms with Crippen molar-refractivity contribution < 1.29 is 4.39 Å². The standard InChI is InChI=1S/C54H35FN2S/c55-41-26-33-51-49(35-41)47-14-4-6-17-50(47)57(51)45-13-8-12-40(34-45)38-22-29-43(30-23-38)56(42-27-20-37(21-28-42)36-10-2-1-3-11-36)44-31-24-39(25-32-44)46-16-9-19-53-54(46)48-15-5-7-18-52(48)58-53/h1-35H. The molecule has 0 saturated carbocycles. The molecule has 2 nitrogen and oxygen atoms in total. The first-order chi connectivity index (χ1) is 28.7. The Kier molecular flexibility index (Phi) is 8.23. The summed E-state index contributed by atoms with van der Waals surface area (Å²) in [7, 11) is 0. The molecule has 9 aromatic carbocycles. The molecule has 11 aromatic rings. The van der Waals surface area contributed by atoms with Gasteiger partial charge in [-0.3, -0.25) is 0 Å². The van der Waals surface area contributed by atoms with Crippen LogP contribution in [0, 0.1) is 5.82 Å². The zero-order valence-electron chi connectivity index (χ0n) is 31.4. The molecule has 0 spiro atoms. The number of thiophene rings is 1. The van der Waals surface area contributed by atoms with E-state index in [1.54, 1.807) is 12.1 Å². The van der Waals surface area contributed by atoms with Gasteiger partial charge in [-0.1, -0.05) is 127 Å². The van der Waals surface area contributed by atoms with Crippen LogP contribution in [0.15, 0.2) is 212 Å². The van der Waals surface area contributed by atoms with Crippen molar-refractivity contribution in [3.8, 4) is 39.1 Å². The first kappa shape index (κ1) is 34.0. The summed E-state index contributed by atoms with van der Waals surface area (Å²) in [6.45, 7) is 0. The number of aromatic nitrogens is 1. The first-order valence-electron chi connectivity index (χ1n) is 19.5. The highest BCUT2D eigenvalue weighted by Crippen LogP contribution is 2.42. The molecular weight excluding hydrogens is 728 g/mol. The van der Waals surface area contributed by atoms with Crippen LogP contribution in [0.1, 0.15) is 0 Å². The lowest BCUT2D eigenvalue weighted by Gasteiger charge is -2.26. The van der Waals surface area contributed by atoms with E-state index >= 15 is 0 Å². The van der Waals surface area contributed by atoms with E-state index in [1.165, 1.54) is 42.4 Å². The van der Waals surface area contributed by atoms with E-state index in [9.17, 15) is 4.39 Å². The molecule has 274 valence electrons. The first-order valence-corrected chi connectivity index (χ1v) is 20.3. The molecule has 0 bridgehead atoms. The fourth-order valence-corrected chi connectivity index (χ4v) is 9.67. The molecule has 58 heavy (non-hydrogen) atoms. The minimum Gasteiger partial charge on any atom is -0.311 e. The van der Waals surface area contributed by atoms with Gasteiger partial charge in [0.15, 0.2) is 0 Å². The Bertz CT molecular complexity index is 3270. The Balaban J connectivity index is 0.978. The summed E-state index contributed by atoms with van der Waals surface area (Å²) in [6.07, 6.45) is 0. The summed E-state index contributed by atoms with van der Waals surface area (Å²) in [4.78, 5) is 2.33. The van der Waals surface area contributed by atoms with Crippen LogP contribution >= 0.6 is 11.3 Å². The van der Waals surface area contributed by atoms with Crippen molar-refractivity contribution in [2.75, 3.05) is 4.90 Å². The number of hydrogen-bond donors (Lipinski definition) is 0. The van der Waals surface area contributed by atoms with Crippen LogP contribution in [0.4, 0.5) is 21.5 Å². The van der Waals surface area contributed by atoms with E-state index in [1.807, 2.05) is 29.5 Å². The van der Waals surface area contributed by atoms with Gasteiger partial charge in [0.25, 0.3) is 0 Å². The van der Waals surface area contributed by atoms with E-state index in [0.29, 0.717) is 0 Å². The predicted octanol–water partition coefficient (Wildman–Crippen LogP) is 15.8. The van der Waals surface area contributed by atoms with Gasteiger partial charge in [-0.2, -0.15) is 0 Å². The number of benzene rings is 9. The Morgan fingerprint density at radius 3 is 1.67 bits per heavy atom. The van der Waals surface area contributed by atoms with Gasteiger partial charge in [0.05, 0.1) is 11.0 Å². The number of rotatable bonds is 7. The van der Waals surface area contributed by atoms with E-state index in [4.69, 9.17) is 0 Å². The van der Waals surface area contributed by atoms with E-state index in [2.05, 4.69) is 191 Å². The lowest BCUT2D eigenvalue weighted by molar-refractivity contribution is 0.629. The van der Waals surface area contributed by atoms with E-state index in [-0.39, 0.29) is 5.82 Å². The summed E-state index contributed by atoms with van der Waals surface area (Å²) >= 11 is 1.85. The smallest absolute Gasteiger partial charge is 0.123 e. The van der Waals surface area contributed by atoms with Crippen molar-refractivity contribution in [2.24, 2.45) is 0 Å². The minimum absolute atomic E-state index is 0.230. The average molecular weight is 763 g/mol. The molecule has 0 N–H and O–H groups in total. The Morgan fingerprint density at radius 2 is 0.931 bits per heavy atom. The second-order valence-corrected chi connectivity index (χ2v) is 15.8. The van der Waals surface area contributed by atoms with Gasteiger partial charge >= 0.3 is 0 Å². The molecule has 0 fully saturated rings. The van der Waals surface area contributed by atoms with Crippen LogP contribution in [0.5, 0.6) is 0 Å². The van der Waals surface area contributed by atoms with Gasteiger partial charge in [-0.05, 0) is 118 Å². The van der Waals surface area contributed by atoms with Gasteiger partial charge in [-0.15, -0.1) is 11.3 Å². The molecule has 4 heteroatoms. The van der Waals surface area contributed by atoms with Gasteiger partial charge in [0.2, 0.25) is 0 Å². The van der Waals surface area contributed by atoms with Crippen LogP contribution in [-0.2, 0) is 0 Å². The summed E-state index contributed by atoms with van der Waals surface area (Å²) in [6, 6.07) is 74.4. The number of para-hydroxylation sites is 1. The van der Waals surface area contributed by atoms with Crippen LogP contribution in [0.3, 0.4) is 0 Å². The minimum atomic E-state index is -0.230. The molecule has 0 aliphatic heterocycles. The van der Waals surface area contributed by atoms with Crippen molar-refractivity contribution >= 4 is 70.4 Å². The third kappa shape index (κ3) is 5.85. The van der Waals surface area contributed by atoms with Crippen molar-refractivity contribution in [2.45, 2.75) is 0 Å². The third-order valence-corrected chi connectivity index (χ3v) is 12.4. The highest BCUT2D eigenvalue weighted by atomic mass is 32.1. The van der Waals surface area contributed by atoms with Crippen molar-refractivity contribution in [3.63, 3.8) is 0 Å². The Labute approximate surface area is 339 Å². The maximum atomic E-state index is 14.4. The van der Waals surface area contributed by atoms with Crippen molar-refractivity contribution in [1.29, 1.82) is 0 Å². The summed E-state index contributed by atoms with van der Waals surface area (Å²) in [5, 5.41) is 4.57. The van der Waals surface area contributed by atoms with E-state index < -0.39 is 0 Å². The highest BCUT2D eigenvalue weighted by Gasteiger charge is 2.17. The molecule has 0 aliphatic carbocycles. The van der Waals surface area contributed by atoms with Crippen LogP contribution in [0.25, 0.3) is 81.0 Å². The SMILES string of the molecule is Fc1ccc2c(c1)c1ccccc1n2-c1cccc(-c2ccc(N(c3ccc(-c4ccccc4)cc3)c3ccc(-c4cccc5sc6ccccc6c45)cc3)cc2)c1. The molecule has 0 aliphatic rings. The number of fused-ring (bicyclic) bond motifs is 6. The Morgan fingerprint density at radius 1 is 0.379 bits per heavy atom. The molecule has 0 radical (unpaired) electrons. The van der Waals surface area contributed by atoms with Gasteiger partial charge < -0.3 is 9.47 Å². The lowest BCUT2D eigenvalue weighted by Crippen LogP contribution is -2.09. The quantitative estimate of drug-likeness (QED) is 0.157. The third-order valence-electron chi connectivity index (χ3n) is 11.3. The largest absolute Gasteiger partial charge is 0.311 e. The van der Waals surface area contributed by atoms with Gasteiger partial charge in [0, 0.05) is 53.7 Å². The van der Waals surface area contributed by atoms with Crippen molar-refractivity contribution in [1.82, 2.24) is 4.57 Å². The summed E-state index contributed by atoms with van der Waals surface area (Å²) in [5.74, 6) is -0.230. The van der Waals surface area contributed by atoms with Gasteiger partial charge in [-0.25, -0.2) is 4.39 Å². The average Bonchev–Trinajstić information content (AvgIpc) is 3.83. The topological polar surface area (TPSA) is 8.17 Å². The lowest BCUT2D eigenvalue weighted by atomic mass is 9.99. The van der Waals surface area contributed by atoms with Crippen LogP contribution < -0.4 is 4.90 Å².